The van der Waals surface area contributed by atoms with Crippen LogP contribution >= 0.6 is 0 Å². The second-order valence-electron chi connectivity index (χ2n) is 4.51. The zero-order valence-electron chi connectivity index (χ0n) is 10.3. The monoisotopic (exact) mass is 264 g/mol. The number of hydrogen-bond donors (Lipinski definition) is 2. The van der Waals surface area contributed by atoms with Gasteiger partial charge < -0.3 is 20.5 Å². The number of nitrogens with zero attached hydrogens (tertiary/aromatic N) is 2. The van der Waals surface area contributed by atoms with Gasteiger partial charge in [0.25, 0.3) is 0 Å². The Balaban J connectivity index is 0.00000225. The summed E-state index contributed by atoms with van der Waals surface area (Å²) < 4.78 is 0. The van der Waals surface area contributed by atoms with Crippen LogP contribution in [0.25, 0.3) is 4.98 Å². The van der Waals surface area contributed by atoms with Crippen molar-refractivity contribution in [3.8, 4) is 0 Å². The van der Waals surface area contributed by atoms with Crippen LogP contribution < -0.4 is 57.1 Å². The van der Waals surface area contributed by atoms with E-state index >= 15 is 0 Å². The maximum Gasteiger partial charge on any atom is 1.00 e. The Kier molecular flexibility index (Phi) is 7.26. The average molecular weight is 264 g/mol. The van der Waals surface area contributed by atoms with E-state index in [2.05, 4.69) is 15.0 Å². The third-order valence-corrected chi connectivity index (χ3v) is 2.65. The van der Waals surface area contributed by atoms with E-state index in [0.29, 0.717) is 6.42 Å². The number of H-pyrrole nitrogens is 1. The van der Waals surface area contributed by atoms with Gasteiger partial charge in [0.05, 0.1) is 18.3 Å². The van der Waals surface area contributed by atoms with E-state index in [0.717, 1.165) is 5.69 Å². The van der Waals surface area contributed by atoms with Gasteiger partial charge in [-0.15, -0.1) is 0 Å². The Hall–Kier alpha value is 0.493. The second-order valence-corrected chi connectivity index (χ2v) is 9.07. The summed E-state index contributed by atoms with van der Waals surface area (Å²) in [6.45, 7) is 6.02. The Morgan fingerprint density at radius 2 is 2.25 bits per heavy atom. The zero-order chi connectivity index (χ0) is 11.5. The molecule has 0 saturated carbocycles. The first kappa shape index (κ1) is 16.5. The SMILES string of the molecule is C[Si](C)(C)[N-]C(=O)[C@@H](N)Cc1cnc[nH]1.[K+]. The van der Waals surface area contributed by atoms with E-state index in [-0.39, 0.29) is 57.3 Å². The fourth-order valence-corrected chi connectivity index (χ4v) is 1.96. The molecule has 0 radical (unpaired) electrons. The summed E-state index contributed by atoms with van der Waals surface area (Å²) in [4.78, 5) is 22.5. The van der Waals surface area contributed by atoms with Crippen LogP contribution in [0.4, 0.5) is 0 Å². The summed E-state index contributed by atoms with van der Waals surface area (Å²) in [6.07, 6.45) is 3.71. The minimum absolute atomic E-state index is 0. The minimum atomic E-state index is -1.71. The topological polar surface area (TPSA) is 85.9 Å². The van der Waals surface area contributed by atoms with Crippen molar-refractivity contribution in [3.05, 3.63) is 23.2 Å². The zero-order valence-corrected chi connectivity index (χ0v) is 14.4. The molecular formula is C9H17KN4OSi. The second kappa shape index (κ2) is 7.04. The standard InChI is InChI=1S/C9H18N4OSi.K/c1-15(2,3)13-9(14)8(10)4-7-5-11-6-12-7;/h5-6,8H,4,10H2,1-3H3,(H2,11,12,13,14);/q;+1/p-1/t8-;/m0./s1. The molecule has 0 spiro atoms. The van der Waals surface area contributed by atoms with E-state index in [9.17, 15) is 4.79 Å². The molecule has 1 heterocycles. The van der Waals surface area contributed by atoms with Crippen molar-refractivity contribution < 1.29 is 56.2 Å². The van der Waals surface area contributed by atoms with Gasteiger partial charge in [0.2, 0.25) is 0 Å². The number of amides is 1. The molecule has 0 aliphatic rings. The number of aromatic nitrogens is 2. The van der Waals surface area contributed by atoms with Crippen LogP contribution in [0, 0.1) is 0 Å². The number of rotatable bonds is 4. The number of aromatic amines is 1. The quantitative estimate of drug-likeness (QED) is 0.618. The fourth-order valence-electron chi connectivity index (χ4n) is 1.13. The summed E-state index contributed by atoms with van der Waals surface area (Å²) in [5.41, 5.74) is 6.61. The normalized spacial score (nSPS) is 12.8. The van der Waals surface area contributed by atoms with Gasteiger partial charge in [-0.25, -0.2) is 4.98 Å². The van der Waals surface area contributed by atoms with Gasteiger partial charge in [0.1, 0.15) is 0 Å². The van der Waals surface area contributed by atoms with Crippen LogP contribution in [0.2, 0.25) is 19.6 Å². The molecule has 7 heteroatoms. The molecule has 0 fully saturated rings. The molecule has 1 aromatic rings. The van der Waals surface area contributed by atoms with Crippen LogP contribution in [0.1, 0.15) is 5.69 Å². The minimum Gasteiger partial charge on any atom is -0.655 e. The first-order valence-electron chi connectivity index (χ1n) is 4.88. The van der Waals surface area contributed by atoms with Gasteiger partial charge in [0, 0.05) is 18.3 Å². The van der Waals surface area contributed by atoms with Crippen molar-refractivity contribution in [2.24, 2.45) is 5.73 Å². The van der Waals surface area contributed by atoms with Crippen LogP contribution in [-0.2, 0) is 11.2 Å². The van der Waals surface area contributed by atoms with Gasteiger partial charge >= 0.3 is 51.4 Å². The number of nitrogens with one attached hydrogen (secondary N) is 1. The molecule has 1 amide bonds. The van der Waals surface area contributed by atoms with E-state index in [1.165, 1.54) is 0 Å². The Bertz CT molecular complexity index is 323. The van der Waals surface area contributed by atoms with Crippen molar-refractivity contribution >= 4 is 14.1 Å². The Morgan fingerprint density at radius 3 is 2.69 bits per heavy atom. The van der Waals surface area contributed by atoms with Crippen molar-refractivity contribution in [1.82, 2.24) is 9.97 Å². The van der Waals surface area contributed by atoms with Gasteiger partial charge in [-0.2, -0.15) is 0 Å². The molecule has 0 saturated heterocycles. The molecule has 16 heavy (non-hydrogen) atoms. The van der Waals surface area contributed by atoms with Gasteiger partial charge in [-0.05, 0) is 8.24 Å². The predicted molar refractivity (Wildman–Crippen MR) is 62.0 cm³/mol. The van der Waals surface area contributed by atoms with Crippen molar-refractivity contribution in [3.63, 3.8) is 0 Å². The first-order chi connectivity index (χ1) is 6.88. The van der Waals surface area contributed by atoms with E-state index in [1.54, 1.807) is 12.5 Å². The molecule has 1 aromatic heterocycles. The van der Waals surface area contributed by atoms with Gasteiger partial charge in [0.15, 0.2) is 0 Å². The molecule has 0 unspecified atom stereocenters. The maximum atomic E-state index is 11.6. The Labute approximate surface area is 139 Å². The molecule has 1 rings (SSSR count). The van der Waals surface area contributed by atoms with Crippen molar-refractivity contribution in [2.45, 2.75) is 32.1 Å². The molecule has 0 aromatic carbocycles. The molecule has 0 aliphatic heterocycles. The van der Waals surface area contributed by atoms with E-state index in [4.69, 9.17) is 5.73 Å². The number of carbonyl (C=O) groups is 1. The summed E-state index contributed by atoms with van der Waals surface area (Å²) in [7, 11) is -1.71. The van der Waals surface area contributed by atoms with Crippen molar-refractivity contribution in [1.29, 1.82) is 0 Å². The van der Waals surface area contributed by atoms with Crippen LogP contribution in [-0.4, -0.2) is 30.2 Å². The molecule has 0 bridgehead atoms. The van der Waals surface area contributed by atoms with Gasteiger partial charge in [-0.1, -0.05) is 19.6 Å². The summed E-state index contributed by atoms with van der Waals surface area (Å²) in [5, 5.41) is 0. The summed E-state index contributed by atoms with van der Waals surface area (Å²) in [5.74, 6) is -0.205. The fraction of sp³-hybridized carbons (Fsp3) is 0.556. The molecule has 84 valence electrons. The molecule has 3 N–H and O–H groups in total. The number of hydrogen-bond acceptors (Lipinski definition) is 3. The van der Waals surface area contributed by atoms with E-state index < -0.39 is 14.3 Å². The van der Waals surface area contributed by atoms with E-state index in [1.807, 2.05) is 19.6 Å². The third kappa shape index (κ3) is 6.28. The molecule has 5 nitrogen and oxygen atoms in total. The Morgan fingerprint density at radius 1 is 1.62 bits per heavy atom. The number of imidazole rings is 1. The number of carbonyl (C=O) groups excluding carboxylic acids is 1. The molecule has 0 aliphatic carbocycles. The molecular weight excluding hydrogens is 247 g/mol. The van der Waals surface area contributed by atoms with Gasteiger partial charge in [-0.3, -0.25) is 0 Å². The number of nitrogens with two attached hydrogens (primary N) is 1. The third-order valence-electron chi connectivity index (χ3n) is 1.76. The smallest absolute Gasteiger partial charge is 0.655 e. The summed E-state index contributed by atoms with van der Waals surface area (Å²) in [6, 6.07) is -0.558. The summed E-state index contributed by atoms with van der Waals surface area (Å²) >= 11 is 0. The largest absolute Gasteiger partial charge is 1.00 e. The van der Waals surface area contributed by atoms with Crippen LogP contribution in [0.5, 0.6) is 0 Å². The first-order valence-corrected chi connectivity index (χ1v) is 8.33. The maximum absolute atomic E-state index is 11.6. The molecule has 1 atom stereocenters. The predicted octanol–water partition coefficient (Wildman–Crippen LogP) is -1.98. The van der Waals surface area contributed by atoms with Crippen LogP contribution in [0.3, 0.4) is 0 Å². The van der Waals surface area contributed by atoms with Crippen LogP contribution in [0.15, 0.2) is 12.5 Å². The average Bonchev–Trinajstić information content (AvgIpc) is 2.53. The van der Waals surface area contributed by atoms with Crippen molar-refractivity contribution in [2.75, 3.05) is 0 Å².